The second kappa shape index (κ2) is 7.92. The minimum absolute atomic E-state index is 0.105. The van der Waals surface area contributed by atoms with Crippen LogP contribution in [-0.2, 0) is 4.74 Å². The number of benzene rings is 1. The third-order valence-corrected chi connectivity index (χ3v) is 4.20. The molecule has 0 spiro atoms. The molecule has 2 heterocycles. The number of nitrogens with zero attached hydrogens (tertiary/aromatic N) is 4. The second-order valence-electron chi connectivity index (χ2n) is 6.06. The van der Waals surface area contributed by atoms with Crippen molar-refractivity contribution < 1.29 is 14.3 Å². The molecular weight excluding hydrogens is 334 g/mol. The van der Waals surface area contributed by atoms with Gasteiger partial charge < -0.3 is 19.9 Å². The molecule has 0 radical (unpaired) electrons. The molecule has 1 aromatic heterocycles. The van der Waals surface area contributed by atoms with E-state index in [0.717, 1.165) is 13.1 Å². The van der Waals surface area contributed by atoms with Gasteiger partial charge in [-0.2, -0.15) is 0 Å². The number of anilines is 2. The number of ether oxygens (including phenoxy) is 1. The predicted molar refractivity (Wildman–Crippen MR) is 96.5 cm³/mol. The fraction of sp³-hybridized carbons (Fsp3) is 0.333. The van der Waals surface area contributed by atoms with Crippen LogP contribution >= 0.6 is 0 Å². The van der Waals surface area contributed by atoms with E-state index < -0.39 is 5.97 Å². The quantitative estimate of drug-likeness (QED) is 0.829. The molecule has 1 aliphatic rings. The minimum Gasteiger partial charge on any atom is -0.465 e. The van der Waals surface area contributed by atoms with Gasteiger partial charge in [-0.1, -0.05) is 6.07 Å². The lowest BCUT2D eigenvalue weighted by molar-refractivity contribution is 0.0600. The average molecular weight is 355 g/mol. The van der Waals surface area contributed by atoms with Crippen molar-refractivity contribution in [1.29, 1.82) is 0 Å². The molecule has 1 saturated heterocycles. The summed E-state index contributed by atoms with van der Waals surface area (Å²) in [7, 11) is 3.37. The molecule has 1 aromatic carbocycles. The Bertz CT molecular complexity index is 803. The maximum absolute atomic E-state index is 12.6. The van der Waals surface area contributed by atoms with Gasteiger partial charge in [-0.15, -0.1) is 0 Å². The van der Waals surface area contributed by atoms with Gasteiger partial charge >= 0.3 is 5.97 Å². The molecular formula is C18H21N5O3. The Morgan fingerprint density at radius 1 is 1.15 bits per heavy atom. The van der Waals surface area contributed by atoms with Crippen LogP contribution in [0, 0.1) is 0 Å². The van der Waals surface area contributed by atoms with Crippen molar-refractivity contribution in [3.05, 3.63) is 47.8 Å². The van der Waals surface area contributed by atoms with Crippen molar-refractivity contribution in [1.82, 2.24) is 19.8 Å². The highest BCUT2D eigenvalue weighted by atomic mass is 16.5. The topological polar surface area (TPSA) is 87.7 Å². The number of amides is 1. The van der Waals surface area contributed by atoms with E-state index in [1.165, 1.54) is 7.11 Å². The Labute approximate surface area is 151 Å². The third-order valence-electron chi connectivity index (χ3n) is 4.20. The third kappa shape index (κ3) is 4.15. The summed E-state index contributed by atoms with van der Waals surface area (Å²) in [6.07, 6.45) is 1.54. The molecule has 1 N–H and O–H groups in total. The van der Waals surface area contributed by atoms with Gasteiger partial charge in [0, 0.05) is 38.1 Å². The first-order chi connectivity index (χ1) is 12.6. The van der Waals surface area contributed by atoms with E-state index >= 15 is 0 Å². The van der Waals surface area contributed by atoms with Crippen LogP contribution in [0.25, 0.3) is 0 Å². The lowest BCUT2D eigenvalue weighted by Crippen LogP contribution is -2.47. The number of rotatable bonds is 4. The normalized spacial score (nSPS) is 14.8. The van der Waals surface area contributed by atoms with Crippen molar-refractivity contribution in [3.63, 3.8) is 0 Å². The summed E-state index contributed by atoms with van der Waals surface area (Å²) < 4.78 is 4.72. The highest BCUT2D eigenvalue weighted by molar-refractivity contribution is 5.93. The Kier molecular flexibility index (Phi) is 5.43. The summed E-state index contributed by atoms with van der Waals surface area (Å²) in [4.78, 5) is 36.7. The van der Waals surface area contributed by atoms with E-state index in [9.17, 15) is 9.59 Å². The van der Waals surface area contributed by atoms with Crippen molar-refractivity contribution in [2.45, 2.75) is 0 Å². The number of likely N-dealkylation sites (N-methyl/N-ethyl adjacent to an activating group) is 1. The Hall–Kier alpha value is -3.00. The number of carbonyl (C=O) groups excluding carboxylic acids is 2. The summed E-state index contributed by atoms with van der Waals surface area (Å²) in [6, 6.07) is 8.42. The van der Waals surface area contributed by atoms with Crippen LogP contribution in [0.5, 0.6) is 0 Å². The van der Waals surface area contributed by atoms with Crippen LogP contribution in [0.2, 0.25) is 0 Å². The molecule has 3 rings (SSSR count). The largest absolute Gasteiger partial charge is 0.465 e. The summed E-state index contributed by atoms with van der Waals surface area (Å²) >= 11 is 0. The van der Waals surface area contributed by atoms with Crippen LogP contribution in [0.4, 0.5) is 11.6 Å². The van der Waals surface area contributed by atoms with Gasteiger partial charge in [0.15, 0.2) is 0 Å². The van der Waals surface area contributed by atoms with E-state index in [2.05, 4.69) is 20.2 Å². The fourth-order valence-corrected chi connectivity index (χ4v) is 2.68. The van der Waals surface area contributed by atoms with Gasteiger partial charge in [-0.05, 0) is 31.3 Å². The first-order valence-corrected chi connectivity index (χ1v) is 8.33. The van der Waals surface area contributed by atoms with Gasteiger partial charge in [0.05, 0.1) is 12.7 Å². The zero-order valence-corrected chi connectivity index (χ0v) is 14.8. The maximum Gasteiger partial charge on any atom is 0.337 e. The number of hydrogen-bond acceptors (Lipinski definition) is 7. The molecule has 0 unspecified atom stereocenters. The number of piperazine rings is 1. The van der Waals surface area contributed by atoms with Crippen LogP contribution in [0.3, 0.4) is 0 Å². The smallest absolute Gasteiger partial charge is 0.337 e. The molecule has 0 atom stereocenters. The number of esters is 1. The lowest BCUT2D eigenvalue weighted by Gasteiger charge is -2.32. The molecule has 1 fully saturated rings. The molecule has 0 bridgehead atoms. The Morgan fingerprint density at radius 3 is 2.65 bits per heavy atom. The highest BCUT2D eigenvalue weighted by Crippen LogP contribution is 2.16. The highest BCUT2D eigenvalue weighted by Gasteiger charge is 2.21. The van der Waals surface area contributed by atoms with Crippen molar-refractivity contribution >= 4 is 23.5 Å². The maximum atomic E-state index is 12.6. The predicted octanol–water partition coefficient (Wildman–Crippen LogP) is 1.39. The van der Waals surface area contributed by atoms with Gasteiger partial charge in [0.25, 0.3) is 5.91 Å². The first kappa shape index (κ1) is 17.8. The molecule has 8 nitrogen and oxygen atoms in total. The van der Waals surface area contributed by atoms with Crippen molar-refractivity contribution in [3.8, 4) is 0 Å². The zero-order chi connectivity index (χ0) is 18.5. The molecule has 26 heavy (non-hydrogen) atoms. The number of hydrogen-bond donors (Lipinski definition) is 1. The molecule has 2 aromatic rings. The molecule has 1 aliphatic heterocycles. The van der Waals surface area contributed by atoms with Crippen LogP contribution in [-0.4, -0.2) is 72.0 Å². The van der Waals surface area contributed by atoms with Gasteiger partial charge in [-0.25, -0.2) is 14.8 Å². The first-order valence-electron chi connectivity index (χ1n) is 8.33. The average Bonchev–Trinajstić information content (AvgIpc) is 2.68. The molecule has 8 heteroatoms. The number of methoxy groups -OCH3 is 1. The van der Waals surface area contributed by atoms with Crippen LogP contribution in [0.1, 0.15) is 20.8 Å². The van der Waals surface area contributed by atoms with E-state index in [1.807, 2.05) is 7.05 Å². The lowest BCUT2D eigenvalue weighted by atomic mass is 10.2. The van der Waals surface area contributed by atoms with E-state index in [1.54, 1.807) is 41.4 Å². The van der Waals surface area contributed by atoms with Crippen molar-refractivity contribution in [2.75, 3.05) is 45.7 Å². The van der Waals surface area contributed by atoms with E-state index in [-0.39, 0.29) is 5.91 Å². The zero-order valence-electron chi connectivity index (χ0n) is 14.8. The summed E-state index contributed by atoms with van der Waals surface area (Å²) in [5.41, 5.74) is 1.40. The Balaban J connectivity index is 1.73. The van der Waals surface area contributed by atoms with Crippen LogP contribution in [0.15, 0.2) is 36.5 Å². The summed E-state index contributed by atoms with van der Waals surface area (Å²) in [5.74, 6) is -0.229. The molecule has 0 aliphatic carbocycles. The number of nitrogens with one attached hydrogen (secondary N) is 1. The molecule has 0 saturated carbocycles. The monoisotopic (exact) mass is 355 g/mol. The second-order valence-corrected chi connectivity index (χ2v) is 6.06. The SMILES string of the molecule is COC(=O)c1cccc(Nc2nccc(C(=O)N3CCN(C)CC3)n2)c1. The standard InChI is InChI=1S/C18H21N5O3/c1-22-8-10-23(11-9-22)16(24)15-6-7-19-18(21-15)20-14-5-3-4-13(12-14)17(25)26-2/h3-7,12H,8-11H2,1-2H3,(H,19,20,21). The van der Waals surface area contributed by atoms with Crippen LogP contribution < -0.4 is 5.32 Å². The number of aromatic nitrogens is 2. The van der Waals surface area contributed by atoms with E-state index in [4.69, 9.17) is 4.74 Å². The fourth-order valence-electron chi connectivity index (χ4n) is 2.68. The van der Waals surface area contributed by atoms with Gasteiger partial charge in [0.2, 0.25) is 5.95 Å². The van der Waals surface area contributed by atoms with E-state index in [0.29, 0.717) is 36.0 Å². The van der Waals surface area contributed by atoms with Crippen molar-refractivity contribution in [2.24, 2.45) is 0 Å². The molecule has 1 amide bonds. The van der Waals surface area contributed by atoms with Gasteiger partial charge in [-0.3, -0.25) is 4.79 Å². The molecule has 136 valence electrons. The summed E-state index contributed by atoms with van der Waals surface area (Å²) in [6.45, 7) is 3.07. The Morgan fingerprint density at radius 2 is 1.92 bits per heavy atom. The minimum atomic E-state index is -0.423. The van der Waals surface area contributed by atoms with Gasteiger partial charge in [0.1, 0.15) is 5.69 Å². The summed E-state index contributed by atoms with van der Waals surface area (Å²) in [5, 5.41) is 3.02. The number of carbonyl (C=O) groups is 2.